The summed E-state index contributed by atoms with van der Waals surface area (Å²) in [7, 11) is 0. The lowest BCUT2D eigenvalue weighted by Gasteiger charge is -2.51. The van der Waals surface area contributed by atoms with Crippen molar-refractivity contribution in [2.75, 3.05) is 19.6 Å². The Morgan fingerprint density at radius 2 is 1.75 bits per heavy atom. The molecule has 0 aromatic carbocycles. The predicted octanol–water partition coefficient (Wildman–Crippen LogP) is 4.06. The van der Waals surface area contributed by atoms with Gasteiger partial charge in [0.25, 0.3) is 0 Å². The third-order valence-corrected chi connectivity index (χ3v) is 5.89. The minimum atomic E-state index is 0.454. The van der Waals surface area contributed by atoms with Gasteiger partial charge in [-0.3, -0.25) is 4.90 Å². The summed E-state index contributed by atoms with van der Waals surface area (Å²) >= 11 is 0. The predicted molar refractivity (Wildman–Crippen MR) is 88.1 cm³/mol. The molecule has 2 aliphatic rings. The summed E-state index contributed by atoms with van der Waals surface area (Å²) in [6.45, 7) is 13.3. The van der Waals surface area contributed by atoms with Crippen LogP contribution in [0.1, 0.15) is 72.6 Å². The Morgan fingerprint density at radius 1 is 1.10 bits per heavy atom. The van der Waals surface area contributed by atoms with E-state index in [0.29, 0.717) is 5.54 Å². The van der Waals surface area contributed by atoms with Crippen molar-refractivity contribution in [3.63, 3.8) is 0 Å². The number of hydrogen-bond acceptors (Lipinski definition) is 2. The van der Waals surface area contributed by atoms with Gasteiger partial charge in [0.2, 0.25) is 0 Å². The summed E-state index contributed by atoms with van der Waals surface area (Å²) < 4.78 is 0. The van der Waals surface area contributed by atoms with Gasteiger partial charge in [-0.25, -0.2) is 0 Å². The molecule has 2 heteroatoms. The van der Waals surface area contributed by atoms with Gasteiger partial charge in [0.15, 0.2) is 0 Å². The number of nitrogens with one attached hydrogen (secondary N) is 1. The van der Waals surface area contributed by atoms with Crippen LogP contribution in [-0.2, 0) is 0 Å². The molecule has 0 amide bonds. The highest BCUT2D eigenvalue weighted by Crippen LogP contribution is 2.33. The summed E-state index contributed by atoms with van der Waals surface area (Å²) in [5.74, 6) is 1.65. The highest BCUT2D eigenvalue weighted by atomic mass is 15.3. The molecule has 0 aromatic heterocycles. The third-order valence-electron chi connectivity index (χ3n) is 5.89. The minimum Gasteiger partial charge on any atom is -0.308 e. The van der Waals surface area contributed by atoms with E-state index < -0.39 is 0 Å². The Kier molecular flexibility index (Phi) is 5.92. The zero-order valence-corrected chi connectivity index (χ0v) is 14.3. The van der Waals surface area contributed by atoms with E-state index in [9.17, 15) is 0 Å². The second-order valence-electron chi connectivity index (χ2n) is 7.65. The molecule has 2 fully saturated rings. The van der Waals surface area contributed by atoms with Crippen molar-refractivity contribution >= 4 is 0 Å². The van der Waals surface area contributed by atoms with Gasteiger partial charge in [0, 0.05) is 31.2 Å². The molecule has 1 saturated carbocycles. The zero-order valence-electron chi connectivity index (χ0n) is 14.3. The normalized spacial score (nSPS) is 27.6. The van der Waals surface area contributed by atoms with Crippen LogP contribution < -0.4 is 5.32 Å². The first kappa shape index (κ1) is 16.3. The van der Waals surface area contributed by atoms with Crippen LogP contribution in [0.3, 0.4) is 0 Å². The van der Waals surface area contributed by atoms with Gasteiger partial charge in [-0.15, -0.1) is 0 Å². The van der Waals surface area contributed by atoms with Gasteiger partial charge in [-0.2, -0.15) is 0 Å². The highest BCUT2D eigenvalue weighted by molar-refractivity contribution is 5.00. The molecule has 118 valence electrons. The molecule has 1 N–H and O–H groups in total. The maximum absolute atomic E-state index is 3.96. The van der Waals surface area contributed by atoms with E-state index >= 15 is 0 Å². The van der Waals surface area contributed by atoms with E-state index in [1.807, 2.05) is 0 Å². The fraction of sp³-hybridized carbons (Fsp3) is 1.00. The van der Waals surface area contributed by atoms with E-state index in [0.717, 1.165) is 17.9 Å². The molecule has 0 radical (unpaired) electrons. The molecular formula is C18H36N2. The van der Waals surface area contributed by atoms with Crippen molar-refractivity contribution in [2.45, 2.75) is 84.2 Å². The number of piperazine rings is 1. The first-order chi connectivity index (χ1) is 9.60. The molecule has 1 heterocycles. The summed E-state index contributed by atoms with van der Waals surface area (Å²) in [4.78, 5) is 2.85. The fourth-order valence-electron chi connectivity index (χ4n) is 4.31. The van der Waals surface area contributed by atoms with Crippen molar-refractivity contribution in [3.05, 3.63) is 0 Å². The fourth-order valence-corrected chi connectivity index (χ4v) is 4.31. The van der Waals surface area contributed by atoms with E-state index in [1.54, 1.807) is 0 Å². The third kappa shape index (κ3) is 3.76. The lowest BCUT2D eigenvalue weighted by Crippen LogP contribution is -2.66. The minimum absolute atomic E-state index is 0.454. The highest BCUT2D eigenvalue weighted by Gasteiger charge is 2.40. The van der Waals surface area contributed by atoms with Crippen LogP contribution in [0.2, 0.25) is 0 Å². The van der Waals surface area contributed by atoms with Crippen LogP contribution in [0.5, 0.6) is 0 Å². The molecule has 2 rings (SSSR count). The Labute approximate surface area is 126 Å². The zero-order chi connectivity index (χ0) is 14.6. The molecule has 1 atom stereocenters. The average Bonchev–Trinajstić information content (AvgIpc) is 2.45. The van der Waals surface area contributed by atoms with Crippen LogP contribution in [0.15, 0.2) is 0 Å². The molecule has 1 saturated heterocycles. The van der Waals surface area contributed by atoms with Crippen LogP contribution in [0.25, 0.3) is 0 Å². The SMILES string of the molecule is CCC(CC)CN1CC2(CCCCC2)NCC1C(C)C. The quantitative estimate of drug-likeness (QED) is 0.817. The average molecular weight is 280 g/mol. The number of hydrogen-bond donors (Lipinski definition) is 1. The standard InChI is InChI=1S/C18H36N2/c1-5-16(6-2)13-20-14-18(10-8-7-9-11-18)19-12-17(20)15(3)4/h15-17,19H,5-14H2,1-4H3. The van der Waals surface area contributed by atoms with Crippen molar-refractivity contribution in [2.24, 2.45) is 11.8 Å². The summed E-state index contributed by atoms with van der Waals surface area (Å²) in [6.07, 6.45) is 9.77. The van der Waals surface area contributed by atoms with Crippen LogP contribution in [0, 0.1) is 11.8 Å². The van der Waals surface area contributed by atoms with Gasteiger partial charge in [-0.05, 0) is 24.7 Å². The van der Waals surface area contributed by atoms with Gasteiger partial charge >= 0.3 is 0 Å². The van der Waals surface area contributed by atoms with E-state index in [4.69, 9.17) is 0 Å². The molecule has 2 nitrogen and oxygen atoms in total. The van der Waals surface area contributed by atoms with Crippen molar-refractivity contribution < 1.29 is 0 Å². The second-order valence-corrected chi connectivity index (χ2v) is 7.65. The van der Waals surface area contributed by atoms with E-state index in [1.165, 1.54) is 64.6 Å². The van der Waals surface area contributed by atoms with Gasteiger partial charge < -0.3 is 5.32 Å². The van der Waals surface area contributed by atoms with Crippen LogP contribution in [0.4, 0.5) is 0 Å². The number of rotatable bonds is 5. The van der Waals surface area contributed by atoms with Crippen molar-refractivity contribution in [1.82, 2.24) is 10.2 Å². The Morgan fingerprint density at radius 3 is 2.30 bits per heavy atom. The molecular weight excluding hydrogens is 244 g/mol. The van der Waals surface area contributed by atoms with Crippen molar-refractivity contribution in [1.29, 1.82) is 0 Å². The molecule has 1 unspecified atom stereocenters. The molecule has 1 spiro atoms. The van der Waals surface area contributed by atoms with E-state index in [-0.39, 0.29) is 0 Å². The second kappa shape index (κ2) is 7.26. The maximum atomic E-state index is 3.96. The lowest BCUT2D eigenvalue weighted by atomic mass is 9.78. The van der Waals surface area contributed by atoms with Crippen LogP contribution in [-0.4, -0.2) is 36.1 Å². The first-order valence-corrected chi connectivity index (χ1v) is 9.09. The Hall–Kier alpha value is -0.0800. The van der Waals surface area contributed by atoms with Gasteiger partial charge in [0.05, 0.1) is 0 Å². The summed E-state index contributed by atoms with van der Waals surface area (Å²) in [5.41, 5.74) is 0.454. The topological polar surface area (TPSA) is 15.3 Å². The number of nitrogens with zero attached hydrogens (tertiary/aromatic N) is 1. The molecule has 1 aliphatic carbocycles. The summed E-state index contributed by atoms with van der Waals surface area (Å²) in [6, 6.07) is 0.739. The van der Waals surface area contributed by atoms with Crippen molar-refractivity contribution in [3.8, 4) is 0 Å². The van der Waals surface area contributed by atoms with Gasteiger partial charge in [-0.1, -0.05) is 59.8 Å². The Bertz CT molecular complexity index is 277. The molecule has 0 aromatic rings. The molecule has 0 bridgehead atoms. The maximum Gasteiger partial charge on any atom is 0.0309 e. The van der Waals surface area contributed by atoms with E-state index in [2.05, 4.69) is 37.9 Å². The van der Waals surface area contributed by atoms with Crippen LogP contribution >= 0.6 is 0 Å². The molecule has 1 aliphatic heterocycles. The van der Waals surface area contributed by atoms with Gasteiger partial charge in [0.1, 0.15) is 0 Å². The summed E-state index contributed by atoms with van der Waals surface area (Å²) in [5, 5.41) is 3.96. The Balaban J connectivity index is 2.04. The lowest BCUT2D eigenvalue weighted by molar-refractivity contribution is 0.0250. The first-order valence-electron chi connectivity index (χ1n) is 9.09. The largest absolute Gasteiger partial charge is 0.308 e. The monoisotopic (exact) mass is 280 g/mol. The molecule has 20 heavy (non-hydrogen) atoms. The smallest absolute Gasteiger partial charge is 0.0309 e.